The summed E-state index contributed by atoms with van der Waals surface area (Å²) in [4.78, 5) is 25.8. The van der Waals surface area contributed by atoms with Crippen molar-refractivity contribution in [2.45, 2.75) is 33.2 Å². The lowest BCUT2D eigenvalue weighted by atomic mass is 10.0. The number of hydrogen-bond donors (Lipinski definition) is 1. The zero-order valence-electron chi connectivity index (χ0n) is 15.7. The third-order valence-corrected chi connectivity index (χ3v) is 5.09. The summed E-state index contributed by atoms with van der Waals surface area (Å²) in [7, 11) is 0. The van der Waals surface area contributed by atoms with Gasteiger partial charge in [0.1, 0.15) is 6.04 Å². The van der Waals surface area contributed by atoms with E-state index in [1.165, 1.54) is 21.9 Å². The number of nitrogens with zero attached hydrogens (tertiary/aromatic N) is 6. The monoisotopic (exact) mass is 397 g/mol. The SMILES string of the molecule is CCc1cc(=O)n2nc(NC(c3nc(-c4ccncc4)no3)C(C)C)sc2n1. The second-order valence-corrected chi connectivity index (χ2v) is 7.55. The van der Waals surface area contributed by atoms with Crippen molar-refractivity contribution < 1.29 is 4.52 Å². The summed E-state index contributed by atoms with van der Waals surface area (Å²) in [6.45, 7) is 6.05. The highest BCUT2D eigenvalue weighted by molar-refractivity contribution is 7.20. The van der Waals surface area contributed by atoms with Crippen molar-refractivity contribution in [2.24, 2.45) is 5.92 Å². The van der Waals surface area contributed by atoms with Crippen LogP contribution >= 0.6 is 11.3 Å². The van der Waals surface area contributed by atoms with Crippen LogP contribution in [-0.2, 0) is 6.42 Å². The van der Waals surface area contributed by atoms with Gasteiger partial charge in [-0.05, 0) is 24.5 Å². The molecule has 10 heteroatoms. The number of nitrogens with one attached hydrogen (secondary N) is 1. The lowest BCUT2D eigenvalue weighted by Gasteiger charge is -2.17. The summed E-state index contributed by atoms with van der Waals surface area (Å²) in [5.41, 5.74) is 1.39. The Morgan fingerprint density at radius 3 is 2.75 bits per heavy atom. The van der Waals surface area contributed by atoms with Gasteiger partial charge in [-0.3, -0.25) is 9.78 Å². The zero-order valence-corrected chi connectivity index (χ0v) is 16.5. The first-order valence-corrected chi connectivity index (χ1v) is 9.77. The Labute approximate surface area is 164 Å². The van der Waals surface area contributed by atoms with Gasteiger partial charge in [0.15, 0.2) is 0 Å². The summed E-state index contributed by atoms with van der Waals surface area (Å²) in [5, 5.41) is 12.3. The molecule has 4 rings (SSSR count). The van der Waals surface area contributed by atoms with Crippen LogP contribution in [0.4, 0.5) is 5.13 Å². The Bertz CT molecular complexity index is 1150. The smallest absolute Gasteiger partial charge is 0.275 e. The molecule has 0 saturated carbocycles. The van der Waals surface area contributed by atoms with Crippen molar-refractivity contribution in [1.82, 2.24) is 29.7 Å². The van der Waals surface area contributed by atoms with Crippen molar-refractivity contribution in [3.05, 3.63) is 52.5 Å². The molecule has 1 N–H and O–H groups in total. The molecule has 1 atom stereocenters. The van der Waals surface area contributed by atoms with Gasteiger partial charge in [-0.25, -0.2) is 4.98 Å². The van der Waals surface area contributed by atoms with Gasteiger partial charge in [0, 0.05) is 29.7 Å². The Balaban J connectivity index is 1.65. The lowest BCUT2D eigenvalue weighted by Crippen LogP contribution is -2.18. The first kappa shape index (κ1) is 18.2. The van der Waals surface area contributed by atoms with Gasteiger partial charge < -0.3 is 9.84 Å². The van der Waals surface area contributed by atoms with E-state index >= 15 is 0 Å². The molecule has 0 saturated heterocycles. The molecular weight excluding hydrogens is 378 g/mol. The van der Waals surface area contributed by atoms with E-state index in [0.29, 0.717) is 28.2 Å². The maximum absolute atomic E-state index is 12.2. The molecule has 4 aromatic rings. The van der Waals surface area contributed by atoms with Crippen LogP contribution in [0.5, 0.6) is 0 Å². The number of aryl methyl sites for hydroxylation is 1. The number of aromatic nitrogens is 6. The molecule has 0 aliphatic carbocycles. The van der Waals surface area contributed by atoms with E-state index in [1.54, 1.807) is 12.4 Å². The largest absolute Gasteiger partial charge is 0.348 e. The summed E-state index contributed by atoms with van der Waals surface area (Å²) in [6, 6.07) is 4.90. The molecule has 144 valence electrons. The quantitative estimate of drug-likeness (QED) is 0.529. The van der Waals surface area contributed by atoms with Crippen LogP contribution in [-0.4, -0.2) is 29.7 Å². The van der Waals surface area contributed by atoms with Crippen molar-refractivity contribution in [1.29, 1.82) is 0 Å². The summed E-state index contributed by atoms with van der Waals surface area (Å²) in [6.07, 6.45) is 4.06. The number of rotatable bonds is 6. The molecule has 0 bridgehead atoms. The van der Waals surface area contributed by atoms with Crippen LogP contribution < -0.4 is 10.9 Å². The fourth-order valence-corrected chi connectivity index (χ4v) is 3.58. The van der Waals surface area contributed by atoms with Gasteiger partial charge in [0.25, 0.3) is 5.56 Å². The Hall–Kier alpha value is -3.14. The second-order valence-electron chi connectivity index (χ2n) is 6.60. The molecule has 0 aliphatic heterocycles. The minimum Gasteiger partial charge on any atom is -0.348 e. The topological polar surface area (TPSA) is 111 Å². The van der Waals surface area contributed by atoms with Crippen LogP contribution in [0.3, 0.4) is 0 Å². The molecule has 0 radical (unpaired) electrons. The highest BCUT2D eigenvalue weighted by Gasteiger charge is 2.24. The maximum atomic E-state index is 12.2. The predicted molar refractivity (Wildman–Crippen MR) is 105 cm³/mol. The third kappa shape index (κ3) is 3.50. The van der Waals surface area contributed by atoms with Crippen LogP contribution in [0.25, 0.3) is 16.3 Å². The number of anilines is 1. The Morgan fingerprint density at radius 2 is 2.04 bits per heavy atom. The van der Waals surface area contributed by atoms with Crippen LogP contribution in [0.15, 0.2) is 39.9 Å². The first-order chi connectivity index (χ1) is 13.5. The highest BCUT2D eigenvalue weighted by atomic mass is 32.1. The average molecular weight is 397 g/mol. The van der Waals surface area contributed by atoms with Gasteiger partial charge in [0.05, 0.1) is 0 Å². The standard InChI is InChI=1S/C18H19N7O2S/c1-4-12-9-13(26)25-18(20-12)28-17(23-25)21-14(10(2)3)16-22-15(24-27-16)11-5-7-19-8-6-11/h5-10,14H,4H2,1-3H3,(H,21,23). The molecule has 0 spiro atoms. The highest BCUT2D eigenvalue weighted by Crippen LogP contribution is 2.29. The minimum absolute atomic E-state index is 0.147. The molecule has 28 heavy (non-hydrogen) atoms. The number of hydrogen-bond acceptors (Lipinski definition) is 9. The fraction of sp³-hybridized carbons (Fsp3) is 0.333. The predicted octanol–water partition coefficient (Wildman–Crippen LogP) is 2.97. The fourth-order valence-electron chi connectivity index (χ4n) is 2.72. The second kappa shape index (κ2) is 7.47. The summed E-state index contributed by atoms with van der Waals surface area (Å²) in [5.74, 6) is 1.10. The van der Waals surface area contributed by atoms with E-state index in [1.807, 2.05) is 32.9 Å². The molecular formula is C18H19N7O2S. The van der Waals surface area contributed by atoms with Crippen LogP contribution in [0.1, 0.15) is 38.4 Å². The molecule has 0 amide bonds. The molecule has 0 aromatic carbocycles. The molecule has 1 unspecified atom stereocenters. The van der Waals surface area contributed by atoms with Crippen LogP contribution in [0, 0.1) is 5.92 Å². The molecule has 0 fully saturated rings. The van der Waals surface area contributed by atoms with Gasteiger partial charge in [0.2, 0.25) is 21.8 Å². The van der Waals surface area contributed by atoms with E-state index in [4.69, 9.17) is 4.52 Å². The van der Waals surface area contributed by atoms with Gasteiger partial charge >= 0.3 is 0 Å². The van der Waals surface area contributed by atoms with Gasteiger partial charge in [-0.2, -0.15) is 9.50 Å². The Morgan fingerprint density at radius 1 is 1.25 bits per heavy atom. The van der Waals surface area contributed by atoms with Crippen molar-refractivity contribution in [3.8, 4) is 11.4 Å². The maximum Gasteiger partial charge on any atom is 0.275 e. The molecule has 4 heterocycles. The van der Waals surface area contributed by atoms with E-state index in [2.05, 4.69) is 30.5 Å². The summed E-state index contributed by atoms with van der Waals surface area (Å²) < 4.78 is 6.80. The van der Waals surface area contributed by atoms with Gasteiger partial charge in [-0.1, -0.05) is 37.3 Å². The van der Waals surface area contributed by atoms with Crippen molar-refractivity contribution >= 4 is 21.4 Å². The Kier molecular flexibility index (Phi) is 4.86. The van der Waals surface area contributed by atoms with Gasteiger partial charge in [-0.15, -0.1) is 5.10 Å². The van der Waals surface area contributed by atoms with Crippen molar-refractivity contribution in [2.75, 3.05) is 5.32 Å². The molecule has 9 nitrogen and oxygen atoms in total. The molecule has 0 aliphatic rings. The lowest BCUT2D eigenvalue weighted by molar-refractivity contribution is 0.336. The zero-order chi connectivity index (χ0) is 19.7. The number of fused-ring (bicyclic) bond motifs is 1. The first-order valence-electron chi connectivity index (χ1n) is 8.95. The van der Waals surface area contributed by atoms with E-state index in [0.717, 1.165) is 11.3 Å². The van der Waals surface area contributed by atoms with Crippen LogP contribution in [0.2, 0.25) is 0 Å². The summed E-state index contributed by atoms with van der Waals surface area (Å²) >= 11 is 1.32. The normalized spacial score (nSPS) is 12.6. The third-order valence-electron chi connectivity index (χ3n) is 4.25. The minimum atomic E-state index is -0.259. The van der Waals surface area contributed by atoms with E-state index < -0.39 is 0 Å². The number of pyridine rings is 1. The van der Waals surface area contributed by atoms with Crippen molar-refractivity contribution in [3.63, 3.8) is 0 Å². The van der Waals surface area contributed by atoms with E-state index in [9.17, 15) is 4.79 Å². The molecule has 4 aromatic heterocycles. The van der Waals surface area contributed by atoms with E-state index in [-0.39, 0.29) is 17.5 Å². The average Bonchev–Trinajstić information content (AvgIpc) is 3.33.